The van der Waals surface area contributed by atoms with Crippen molar-refractivity contribution in [2.75, 3.05) is 7.11 Å². The van der Waals surface area contributed by atoms with Crippen molar-refractivity contribution in [1.29, 1.82) is 0 Å². The molecule has 0 spiro atoms. The molecule has 0 saturated carbocycles. The fraction of sp³-hybridized carbons (Fsp3) is 0.0556. The third-order valence-electron chi connectivity index (χ3n) is 3.44. The van der Waals surface area contributed by atoms with E-state index in [4.69, 9.17) is 4.74 Å². The maximum absolute atomic E-state index is 13.0. The van der Waals surface area contributed by atoms with Gasteiger partial charge in [-0.3, -0.25) is 0 Å². The first-order chi connectivity index (χ1) is 10.2. The summed E-state index contributed by atoms with van der Waals surface area (Å²) >= 11 is 0. The van der Waals surface area contributed by atoms with Gasteiger partial charge in [0.25, 0.3) is 0 Å². The minimum Gasteiger partial charge on any atom is -0.465 e. The molecule has 0 bridgehead atoms. The van der Waals surface area contributed by atoms with Gasteiger partial charge in [-0.2, -0.15) is 0 Å². The number of ether oxygens (including phenoxy) is 1. The minimum atomic E-state index is -0.348. The van der Waals surface area contributed by atoms with Crippen molar-refractivity contribution in [3.05, 3.63) is 72.0 Å². The van der Waals surface area contributed by atoms with Gasteiger partial charge in [0.1, 0.15) is 5.82 Å². The number of carbonyl (C=O) groups excluding carboxylic acids is 1. The first-order valence-electron chi connectivity index (χ1n) is 6.55. The van der Waals surface area contributed by atoms with Gasteiger partial charge in [0.15, 0.2) is 0 Å². The fourth-order valence-electron chi connectivity index (χ4n) is 2.31. The Balaban J connectivity index is 2.05. The lowest BCUT2D eigenvalue weighted by Crippen LogP contribution is -2.00. The van der Waals surface area contributed by atoms with Crippen molar-refractivity contribution in [3.63, 3.8) is 0 Å². The predicted molar refractivity (Wildman–Crippen MR) is 80.7 cm³/mol. The van der Waals surface area contributed by atoms with Crippen LogP contribution in [0.1, 0.15) is 10.4 Å². The van der Waals surface area contributed by atoms with Crippen LogP contribution in [0.3, 0.4) is 0 Å². The number of benzene rings is 3. The van der Waals surface area contributed by atoms with Gasteiger partial charge in [0.2, 0.25) is 0 Å². The molecule has 0 aliphatic carbocycles. The second kappa shape index (κ2) is 5.37. The van der Waals surface area contributed by atoms with Gasteiger partial charge in [-0.1, -0.05) is 30.3 Å². The van der Waals surface area contributed by atoms with Crippen molar-refractivity contribution in [2.24, 2.45) is 0 Å². The topological polar surface area (TPSA) is 26.3 Å². The Kier molecular flexibility index (Phi) is 3.40. The zero-order chi connectivity index (χ0) is 14.8. The quantitative estimate of drug-likeness (QED) is 0.649. The van der Waals surface area contributed by atoms with Crippen LogP contribution >= 0.6 is 0 Å². The van der Waals surface area contributed by atoms with Gasteiger partial charge >= 0.3 is 5.97 Å². The molecular weight excluding hydrogens is 267 g/mol. The summed E-state index contributed by atoms with van der Waals surface area (Å²) in [5, 5.41) is 1.98. The second-order valence-corrected chi connectivity index (χ2v) is 4.78. The molecule has 0 fully saturated rings. The number of methoxy groups -OCH3 is 1. The Morgan fingerprint density at radius 1 is 0.857 bits per heavy atom. The Morgan fingerprint density at radius 2 is 1.48 bits per heavy atom. The van der Waals surface area contributed by atoms with Gasteiger partial charge in [0, 0.05) is 0 Å². The van der Waals surface area contributed by atoms with Gasteiger partial charge in [-0.05, 0) is 52.2 Å². The molecule has 0 atom stereocenters. The number of hydrogen-bond acceptors (Lipinski definition) is 2. The summed E-state index contributed by atoms with van der Waals surface area (Å²) in [4.78, 5) is 11.5. The van der Waals surface area contributed by atoms with E-state index in [1.165, 1.54) is 19.2 Å². The third kappa shape index (κ3) is 2.63. The fourth-order valence-corrected chi connectivity index (χ4v) is 2.31. The minimum absolute atomic E-state index is 0.248. The highest BCUT2D eigenvalue weighted by Crippen LogP contribution is 2.25. The third-order valence-corrected chi connectivity index (χ3v) is 3.44. The number of halogens is 1. The Morgan fingerprint density at radius 3 is 2.19 bits per heavy atom. The molecule has 0 unspecified atom stereocenters. The van der Waals surface area contributed by atoms with E-state index in [0.717, 1.165) is 21.9 Å². The van der Waals surface area contributed by atoms with Crippen LogP contribution in [-0.4, -0.2) is 13.1 Å². The molecule has 3 aromatic carbocycles. The monoisotopic (exact) mass is 280 g/mol. The lowest BCUT2D eigenvalue weighted by atomic mass is 10.00. The van der Waals surface area contributed by atoms with E-state index in [0.29, 0.717) is 5.56 Å². The number of carbonyl (C=O) groups is 1. The maximum atomic E-state index is 13.0. The molecule has 0 aliphatic rings. The zero-order valence-electron chi connectivity index (χ0n) is 11.5. The first kappa shape index (κ1) is 13.3. The lowest BCUT2D eigenvalue weighted by Gasteiger charge is -2.06. The van der Waals surface area contributed by atoms with Gasteiger partial charge in [-0.25, -0.2) is 9.18 Å². The van der Waals surface area contributed by atoms with Crippen molar-refractivity contribution in [1.82, 2.24) is 0 Å². The molecular formula is C18H13FO2. The normalized spacial score (nSPS) is 10.6. The number of hydrogen-bond donors (Lipinski definition) is 0. The van der Waals surface area contributed by atoms with Crippen molar-refractivity contribution in [3.8, 4) is 11.1 Å². The maximum Gasteiger partial charge on any atom is 0.337 e. The molecule has 21 heavy (non-hydrogen) atoms. The van der Waals surface area contributed by atoms with Crippen LogP contribution in [0.4, 0.5) is 4.39 Å². The molecule has 0 N–H and O–H groups in total. The van der Waals surface area contributed by atoms with E-state index < -0.39 is 0 Å². The van der Waals surface area contributed by atoms with Gasteiger partial charge < -0.3 is 4.74 Å². The largest absolute Gasteiger partial charge is 0.465 e. The van der Waals surface area contributed by atoms with Gasteiger partial charge in [0.05, 0.1) is 12.7 Å². The zero-order valence-corrected chi connectivity index (χ0v) is 11.5. The lowest BCUT2D eigenvalue weighted by molar-refractivity contribution is 0.0601. The first-order valence-corrected chi connectivity index (χ1v) is 6.55. The average molecular weight is 280 g/mol. The van der Waals surface area contributed by atoms with Crippen molar-refractivity contribution < 1.29 is 13.9 Å². The van der Waals surface area contributed by atoms with Crippen LogP contribution in [0.15, 0.2) is 60.7 Å². The summed E-state index contributed by atoms with van der Waals surface area (Å²) in [6, 6.07) is 17.7. The molecule has 0 radical (unpaired) electrons. The smallest absolute Gasteiger partial charge is 0.337 e. The van der Waals surface area contributed by atoms with E-state index in [1.807, 2.05) is 24.3 Å². The van der Waals surface area contributed by atoms with Crippen molar-refractivity contribution >= 4 is 16.7 Å². The number of rotatable bonds is 2. The SMILES string of the molecule is COC(=O)c1ccc2cc(-c3ccc(F)cc3)ccc2c1. The summed E-state index contributed by atoms with van der Waals surface area (Å²) in [6.45, 7) is 0. The highest BCUT2D eigenvalue weighted by molar-refractivity contribution is 5.96. The van der Waals surface area contributed by atoms with E-state index >= 15 is 0 Å². The summed E-state index contributed by atoms with van der Waals surface area (Å²) in [6.07, 6.45) is 0. The van der Waals surface area contributed by atoms with E-state index in [2.05, 4.69) is 0 Å². The van der Waals surface area contributed by atoms with Crippen LogP contribution in [0.2, 0.25) is 0 Å². The van der Waals surface area contributed by atoms with Crippen LogP contribution in [0.25, 0.3) is 21.9 Å². The molecule has 0 aromatic heterocycles. The van der Waals surface area contributed by atoms with Crippen LogP contribution in [0, 0.1) is 5.82 Å². The Hall–Kier alpha value is -2.68. The Labute approximate surface area is 121 Å². The molecule has 3 heteroatoms. The van der Waals surface area contributed by atoms with Crippen molar-refractivity contribution in [2.45, 2.75) is 0 Å². The molecule has 0 amide bonds. The number of esters is 1. The molecule has 0 aliphatic heterocycles. The highest BCUT2D eigenvalue weighted by Gasteiger charge is 2.06. The molecule has 0 saturated heterocycles. The van der Waals surface area contributed by atoms with E-state index in [9.17, 15) is 9.18 Å². The van der Waals surface area contributed by atoms with Crippen LogP contribution in [0.5, 0.6) is 0 Å². The van der Waals surface area contributed by atoms with E-state index in [1.54, 1.807) is 24.3 Å². The standard InChI is InChI=1S/C18H13FO2/c1-21-18(20)16-5-4-14-10-13(2-3-15(14)11-16)12-6-8-17(19)9-7-12/h2-11H,1H3. The summed E-state index contributed by atoms with van der Waals surface area (Å²) in [5.74, 6) is -0.596. The van der Waals surface area contributed by atoms with Crippen LogP contribution < -0.4 is 0 Å². The molecule has 104 valence electrons. The van der Waals surface area contributed by atoms with Crippen LogP contribution in [-0.2, 0) is 4.74 Å². The molecule has 2 nitrogen and oxygen atoms in total. The summed E-state index contributed by atoms with van der Waals surface area (Å²) in [7, 11) is 1.37. The molecule has 3 rings (SSSR count). The molecule has 3 aromatic rings. The Bertz CT molecular complexity index is 807. The highest BCUT2D eigenvalue weighted by atomic mass is 19.1. The summed E-state index contributed by atoms with van der Waals surface area (Å²) < 4.78 is 17.7. The van der Waals surface area contributed by atoms with E-state index in [-0.39, 0.29) is 11.8 Å². The van der Waals surface area contributed by atoms with Gasteiger partial charge in [-0.15, -0.1) is 0 Å². The molecule has 0 heterocycles. The second-order valence-electron chi connectivity index (χ2n) is 4.78. The summed E-state index contributed by atoms with van der Waals surface area (Å²) in [5.41, 5.74) is 2.49. The number of fused-ring (bicyclic) bond motifs is 1. The predicted octanol–water partition coefficient (Wildman–Crippen LogP) is 4.43. The average Bonchev–Trinajstić information content (AvgIpc) is 2.54.